The summed E-state index contributed by atoms with van der Waals surface area (Å²) in [6.45, 7) is 9.39. The van der Waals surface area contributed by atoms with Crippen molar-refractivity contribution in [3.63, 3.8) is 0 Å². The van der Waals surface area contributed by atoms with Gasteiger partial charge in [0.15, 0.2) is 0 Å². The molecule has 0 fully saturated rings. The third-order valence-electron chi connectivity index (χ3n) is 3.94. The predicted octanol–water partition coefficient (Wildman–Crippen LogP) is 4.27. The lowest BCUT2D eigenvalue weighted by molar-refractivity contribution is 0.104. The number of ether oxygens (including phenoxy) is 1. The van der Waals surface area contributed by atoms with E-state index in [2.05, 4.69) is 50.5 Å². The zero-order valence-electron chi connectivity index (χ0n) is 14.4. The van der Waals surface area contributed by atoms with E-state index < -0.39 is 6.10 Å². The van der Waals surface area contributed by atoms with Crippen molar-refractivity contribution < 1.29 is 9.84 Å². The van der Waals surface area contributed by atoms with Crippen LogP contribution in [0, 0.1) is 6.92 Å². The van der Waals surface area contributed by atoms with E-state index in [-0.39, 0.29) is 6.04 Å². The van der Waals surface area contributed by atoms with Crippen molar-refractivity contribution in [2.24, 2.45) is 0 Å². The Balaban J connectivity index is 1.78. The minimum atomic E-state index is -0.525. The van der Waals surface area contributed by atoms with Crippen molar-refractivity contribution in [3.8, 4) is 5.75 Å². The minimum Gasteiger partial charge on any atom is -0.491 e. The van der Waals surface area contributed by atoms with E-state index in [1.165, 1.54) is 16.0 Å². The monoisotopic (exact) mass is 333 g/mol. The molecular formula is C19H27NO2S. The SMILES string of the molecule is Cc1cc(OCC(O)CNC(C)c2cccs2)ccc1C(C)C. The van der Waals surface area contributed by atoms with Crippen molar-refractivity contribution >= 4 is 11.3 Å². The average Bonchev–Trinajstić information content (AvgIpc) is 3.04. The molecule has 2 atom stereocenters. The summed E-state index contributed by atoms with van der Waals surface area (Å²) in [5.74, 6) is 1.33. The number of benzene rings is 1. The molecule has 1 heterocycles. The van der Waals surface area contributed by atoms with Gasteiger partial charge < -0.3 is 15.2 Å². The van der Waals surface area contributed by atoms with E-state index in [1.807, 2.05) is 18.2 Å². The number of aliphatic hydroxyl groups is 1. The maximum Gasteiger partial charge on any atom is 0.119 e. The van der Waals surface area contributed by atoms with E-state index in [9.17, 15) is 5.11 Å². The zero-order valence-corrected chi connectivity index (χ0v) is 15.2. The Morgan fingerprint density at radius 1 is 1.22 bits per heavy atom. The highest BCUT2D eigenvalue weighted by Gasteiger charge is 2.11. The first kappa shape index (κ1) is 18.0. The van der Waals surface area contributed by atoms with Crippen LogP contribution >= 0.6 is 11.3 Å². The fraction of sp³-hybridized carbons (Fsp3) is 0.474. The summed E-state index contributed by atoms with van der Waals surface area (Å²) in [6.07, 6.45) is -0.525. The Morgan fingerprint density at radius 2 is 2.00 bits per heavy atom. The molecule has 0 saturated carbocycles. The Bertz CT molecular complexity index is 595. The van der Waals surface area contributed by atoms with Gasteiger partial charge in [-0.1, -0.05) is 26.0 Å². The van der Waals surface area contributed by atoms with Crippen LogP contribution in [-0.4, -0.2) is 24.4 Å². The van der Waals surface area contributed by atoms with Crippen LogP contribution in [0.25, 0.3) is 0 Å². The van der Waals surface area contributed by atoms with Gasteiger partial charge in [0.2, 0.25) is 0 Å². The highest BCUT2D eigenvalue weighted by molar-refractivity contribution is 7.10. The average molecular weight is 333 g/mol. The van der Waals surface area contributed by atoms with Crippen LogP contribution in [0.1, 0.15) is 48.7 Å². The van der Waals surface area contributed by atoms with Crippen molar-refractivity contribution in [1.29, 1.82) is 0 Å². The van der Waals surface area contributed by atoms with Gasteiger partial charge in [0.1, 0.15) is 18.5 Å². The van der Waals surface area contributed by atoms with Crippen molar-refractivity contribution in [2.45, 2.75) is 45.8 Å². The molecule has 4 heteroatoms. The molecule has 2 aromatic rings. The molecule has 0 amide bonds. The van der Waals surface area contributed by atoms with Gasteiger partial charge in [0.05, 0.1) is 0 Å². The summed E-state index contributed by atoms with van der Waals surface area (Å²) in [5.41, 5.74) is 2.57. The summed E-state index contributed by atoms with van der Waals surface area (Å²) in [4.78, 5) is 1.28. The first-order valence-electron chi connectivity index (χ1n) is 8.15. The molecule has 23 heavy (non-hydrogen) atoms. The first-order valence-corrected chi connectivity index (χ1v) is 9.03. The Hall–Kier alpha value is -1.36. The molecule has 0 aliphatic carbocycles. The standard InChI is InChI=1S/C19H27NO2S/c1-13(2)18-8-7-17(10-14(18)3)22-12-16(21)11-20-15(4)19-6-5-9-23-19/h5-10,13,15-16,20-21H,11-12H2,1-4H3. The summed E-state index contributed by atoms with van der Waals surface area (Å²) < 4.78 is 5.72. The molecule has 2 rings (SSSR count). The van der Waals surface area contributed by atoms with E-state index in [0.29, 0.717) is 19.1 Å². The fourth-order valence-corrected chi connectivity index (χ4v) is 3.35. The third-order valence-corrected chi connectivity index (χ3v) is 4.99. The summed E-state index contributed by atoms with van der Waals surface area (Å²) >= 11 is 1.72. The van der Waals surface area contributed by atoms with Gasteiger partial charge in [-0.05, 0) is 54.5 Å². The molecule has 3 nitrogen and oxygen atoms in total. The third kappa shape index (κ3) is 5.34. The first-order chi connectivity index (χ1) is 11.0. The fourth-order valence-electron chi connectivity index (χ4n) is 2.59. The molecule has 2 N–H and O–H groups in total. The van der Waals surface area contributed by atoms with Crippen molar-refractivity contribution in [2.75, 3.05) is 13.2 Å². The van der Waals surface area contributed by atoms with Crippen LogP contribution in [0.2, 0.25) is 0 Å². The minimum absolute atomic E-state index is 0.247. The molecule has 0 aliphatic heterocycles. The number of rotatable bonds is 8. The van der Waals surface area contributed by atoms with E-state index >= 15 is 0 Å². The van der Waals surface area contributed by atoms with Crippen LogP contribution in [0.3, 0.4) is 0 Å². The zero-order chi connectivity index (χ0) is 16.8. The maximum absolute atomic E-state index is 10.1. The van der Waals surface area contributed by atoms with E-state index in [4.69, 9.17) is 4.74 Å². The number of hydrogen-bond donors (Lipinski definition) is 2. The lowest BCUT2D eigenvalue weighted by Gasteiger charge is -2.17. The Morgan fingerprint density at radius 3 is 2.61 bits per heavy atom. The Kier molecular flexibility index (Phi) is 6.63. The number of hydrogen-bond acceptors (Lipinski definition) is 4. The predicted molar refractivity (Wildman–Crippen MR) is 97.5 cm³/mol. The van der Waals surface area contributed by atoms with E-state index in [1.54, 1.807) is 11.3 Å². The highest BCUT2D eigenvalue weighted by Crippen LogP contribution is 2.23. The van der Waals surface area contributed by atoms with Gasteiger partial charge in [-0.2, -0.15) is 0 Å². The summed E-state index contributed by atoms with van der Waals surface area (Å²) in [5, 5.41) is 15.5. The van der Waals surface area contributed by atoms with Gasteiger partial charge in [0.25, 0.3) is 0 Å². The maximum atomic E-state index is 10.1. The second-order valence-corrected chi connectivity index (χ2v) is 7.26. The van der Waals surface area contributed by atoms with E-state index in [0.717, 1.165) is 5.75 Å². The molecule has 2 unspecified atom stereocenters. The quantitative estimate of drug-likeness (QED) is 0.758. The number of nitrogens with one attached hydrogen (secondary N) is 1. The highest BCUT2D eigenvalue weighted by atomic mass is 32.1. The van der Waals surface area contributed by atoms with Gasteiger partial charge in [-0.3, -0.25) is 0 Å². The second kappa shape index (κ2) is 8.48. The molecule has 126 valence electrons. The molecule has 1 aromatic heterocycles. The molecule has 1 aromatic carbocycles. The molecule has 0 saturated heterocycles. The van der Waals surface area contributed by atoms with Crippen LogP contribution < -0.4 is 10.1 Å². The molecule has 0 spiro atoms. The van der Waals surface area contributed by atoms with Crippen molar-refractivity contribution in [3.05, 3.63) is 51.7 Å². The number of aryl methyl sites for hydroxylation is 1. The lowest BCUT2D eigenvalue weighted by atomic mass is 9.98. The smallest absolute Gasteiger partial charge is 0.119 e. The Labute approximate surface area is 143 Å². The van der Waals surface area contributed by atoms with Gasteiger partial charge >= 0.3 is 0 Å². The number of thiophene rings is 1. The van der Waals surface area contributed by atoms with Gasteiger partial charge in [0, 0.05) is 17.5 Å². The van der Waals surface area contributed by atoms with Crippen LogP contribution in [0.4, 0.5) is 0 Å². The van der Waals surface area contributed by atoms with Crippen LogP contribution in [0.15, 0.2) is 35.7 Å². The van der Waals surface area contributed by atoms with Gasteiger partial charge in [-0.25, -0.2) is 0 Å². The largest absolute Gasteiger partial charge is 0.491 e. The van der Waals surface area contributed by atoms with Crippen LogP contribution in [-0.2, 0) is 0 Å². The lowest BCUT2D eigenvalue weighted by Crippen LogP contribution is -2.32. The van der Waals surface area contributed by atoms with Crippen molar-refractivity contribution in [1.82, 2.24) is 5.32 Å². The summed E-state index contributed by atoms with van der Waals surface area (Å²) in [6, 6.07) is 10.5. The molecular weight excluding hydrogens is 306 g/mol. The normalized spacial score (nSPS) is 14.0. The number of aliphatic hydroxyl groups excluding tert-OH is 1. The molecule has 0 aliphatic rings. The van der Waals surface area contributed by atoms with Gasteiger partial charge in [-0.15, -0.1) is 11.3 Å². The second-order valence-electron chi connectivity index (χ2n) is 6.28. The summed E-state index contributed by atoms with van der Waals surface area (Å²) in [7, 11) is 0. The topological polar surface area (TPSA) is 41.5 Å². The molecule has 0 bridgehead atoms. The molecule has 0 radical (unpaired) electrons. The van der Waals surface area contributed by atoms with Crippen LogP contribution in [0.5, 0.6) is 5.75 Å².